The van der Waals surface area contributed by atoms with Crippen LogP contribution in [-0.4, -0.2) is 38.9 Å². The quantitative estimate of drug-likeness (QED) is 0.0242. The van der Waals surface area contributed by atoms with Crippen molar-refractivity contribution in [2.24, 2.45) is 0 Å². The molecular formula is C68H40F15IO9S5. The lowest BCUT2D eigenvalue weighted by atomic mass is 10.1. The van der Waals surface area contributed by atoms with Crippen LogP contribution in [0.4, 0.5) is 65.9 Å². The summed E-state index contributed by atoms with van der Waals surface area (Å²) < 4.78 is 282. The molecule has 0 atom stereocenters. The highest BCUT2D eigenvalue weighted by molar-refractivity contribution is 7.97. The second-order valence-corrected chi connectivity index (χ2v) is 30.9. The molecule has 0 aliphatic heterocycles. The lowest BCUT2D eigenvalue weighted by molar-refractivity contribution is -0.597. The van der Waals surface area contributed by atoms with E-state index in [2.05, 4.69) is 218 Å². The monoisotopic (exact) mass is 1570 g/mol. The first-order valence-corrected chi connectivity index (χ1v) is 36.2. The van der Waals surface area contributed by atoms with Crippen LogP contribution in [0, 0.1) is 94.4 Å². The minimum Gasteiger partial charge on any atom is -0.744 e. The molecule has 0 heterocycles. The maximum atomic E-state index is 12.6. The Balaban J connectivity index is 0.000000219. The highest BCUT2D eigenvalue weighted by Gasteiger charge is 2.33. The van der Waals surface area contributed by atoms with Crippen LogP contribution in [-0.2, 0) is 65.0 Å². The minimum atomic E-state index is -5.77. The van der Waals surface area contributed by atoms with Gasteiger partial charge in [-0.3, -0.25) is 0 Å². The van der Waals surface area contributed by atoms with E-state index in [4.69, 9.17) is 0 Å². The van der Waals surface area contributed by atoms with Crippen molar-refractivity contribution < 1.29 is 126 Å². The third-order valence-electron chi connectivity index (χ3n) is 13.4. The van der Waals surface area contributed by atoms with Gasteiger partial charge in [-0.05, 0) is 132 Å². The predicted molar refractivity (Wildman–Crippen MR) is 321 cm³/mol. The molecule has 0 aromatic heterocycles. The zero-order chi connectivity index (χ0) is 71.6. The van der Waals surface area contributed by atoms with E-state index in [1.165, 1.54) is 58.8 Å². The first-order valence-electron chi connectivity index (χ1n) is 27.4. The molecule has 0 spiro atoms. The van der Waals surface area contributed by atoms with Crippen LogP contribution >= 0.6 is 0 Å². The molecule has 0 saturated heterocycles. The van der Waals surface area contributed by atoms with Crippen LogP contribution < -0.4 is 21.2 Å². The van der Waals surface area contributed by atoms with Gasteiger partial charge in [0.15, 0.2) is 106 Å². The molecule has 0 bridgehead atoms. The fourth-order valence-electron chi connectivity index (χ4n) is 8.87. The fourth-order valence-corrected chi connectivity index (χ4v) is 17.0. The molecule has 11 aromatic rings. The second kappa shape index (κ2) is 32.5. The molecule has 0 N–H and O–H groups in total. The van der Waals surface area contributed by atoms with E-state index in [9.17, 15) is 105 Å². The average Bonchev–Trinajstić information content (AvgIpc) is 0.803. The molecule has 0 radical (unpaired) electrons. The maximum absolute atomic E-state index is 12.6. The summed E-state index contributed by atoms with van der Waals surface area (Å²) in [6, 6.07) is 80.7. The van der Waals surface area contributed by atoms with Gasteiger partial charge in [0, 0.05) is 0 Å². The Morgan fingerprint density at radius 3 is 0.582 bits per heavy atom. The van der Waals surface area contributed by atoms with Crippen molar-refractivity contribution in [3.05, 3.63) is 335 Å². The lowest BCUT2D eigenvalue weighted by Gasteiger charge is -2.10. The first kappa shape index (κ1) is 75.3. The largest absolute Gasteiger partial charge is 0.744 e. The van der Waals surface area contributed by atoms with Gasteiger partial charge in [0.05, 0.1) is 21.8 Å². The van der Waals surface area contributed by atoms with E-state index < -0.39 is 132 Å². The molecule has 0 unspecified atom stereocenters. The highest BCUT2D eigenvalue weighted by atomic mass is 127. The van der Waals surface area contributed by atoms with Gasteiger partial charge in [-0.15, -0.1) is 0 Å². The van der Waals surface area contributed by atoms with E-state index in [1.54, 1.807) is 0 Å². The van der Waals surface area contributed by atoms with Gasteiger partial charge < -0.3 is 13.7 Å². The van der Waals surface area contributed by atoms with Crippen molar-refractivity contribution in [2.75, 3.05) is 0 Å². The average molecular weight is 1570 g/mol. The SMILES string of the molecule is O=S(=O)([O-])c1c(F)c(F)c(F)c(F)c1F.O=S(=O)([O-])c1c(F)c(F)c(F)c(F)c1F.O=S(=O)([O-])c1c(F)c(F)c(F)c(F)c1F.c1ccc([S+](c2ccccc2)c2ccc(Cc3ccc([I+]c4ccc(Cc5ccc([S+](c6ccccc6)c6ccccc6)cc5)cc4)cc3)cc2)cc1. The summed E-state index contributed by atoms with van der Waals surface area (Å²) in [4.78, 5) is 0.975. The number of hydrogen-bond acceptors (Lipinski definition) is 9. The summed E-state index contributed by atoms with van der Waals surface area (Å²) in [5, 5.41) is 0. The predicted octanol–water partition coefficient (Wildman–Crippen LogP) is 13.0. The molecule has 11 rings (SSSR count). The molecule has 0 amide bonds. The Hall–Kier alpha value is -8.47. The van der Waals surface area contributed by atoms with Crippen LogP contribution in [0.25, 0.3) is 0 Å². The maximum Gasteiger partial charge on any atom is 0.357 e. The fraction of sp³-hybridized carbons (Fsp3) is 0.0294. The van der Waals surface area contributed by atoms with E-state index in [1.807, 2.05) is 0 Å². The van der Waals surface area contributed by atoms with Crippen LogP contribution in [0.5, 0.6) is 0 Å². The summed E-state index contributed by atoms with van der Waals surface area (Å²) >= 11 is -0.230. The highest BCUT2D eigenvalue weighted by Crippen LogP contribution is 2.34. The topological polar surface area (TPSA) is 172 Å². The van der Waals surface area contributed by atoms with Crippen molar-refractivity contribution in [1.29, 1.82) is 0 Å². The van der Waals surface area contributed by atoms with Gasteiger partial charge in [-0.1, -0.05) is 121 Å². The Labute approximate surface area is 566 Å². The van der Waals surface area contributed by atoms with Crippen LogP contribution in [0.15, 0.2) is 262 Å². The first-order chi connectivity index (χ1) is 46.3. The van der Waals surface area contributed by atoms with E-state index >= 15 is 0 Å². The van der Waals surface area contributed by atoms with Crippen molar-refractivity contribution in [1.82, 2.24) is 0 Å². The number of benzene rings is 11. The molecule has 0 fully saturated rings. The summed E-state index contributed by atoms with van der Waals surface area (Å²) in [6.07, 6.45) is 1.89. The van der Waals surface area contributed by atoms with Crippen LogP contribution in [0.2, 0.25) is 0 Å². The van der Waals surface area contributed by atoms with Gasteiger partial charge >= 0.3 is 21.2 Å². The Bertz CT molecular complexity index is 4440. The molecule has 30 heteroatoms. The van der Waals surface area contributed by atoms with Gasteiger partial charge in [-0.25, -0.2) is 91.1 Å². The zero-order valence-corrected chi connectivity index (χ0v) is 55.2. The van der Waals surface area contributed by atoms with Crippen LogP contribution in [0.3, 0.4) is 0 Å². The normalized spacial score (nSPS) is 11.5. The van der Waals surface area contributed by atoms with E-state index in [0.717, 1.165) is 12.8 Å². The number of halogens is 16. The third kappa shape index (κ3) is 18.2. The number of hydrogen-bond donors (Lipinski definition) is 0. The molecule has 508 valence electrons. The molecule has 11 aromatic carbocycles. The summed E-state index contributed by atoms with van der Waals surface area (Å²) in [7, 11) is -17.5. The minimum absolute atomic E-state index is 0.115. The summed E-state index contributed by atoms with van der Waals surface area (Å²) in [5.41, 5.74) is 5.41. The molecular weight excluding hydrogens is 1530 g/mol. The van der Waals surface area contributed by atoms with Crippen molar-refractivity contribution in [2.45, 2.75) is 56.9 Å². The second-order valence-electron chi connectivity index (χ2n) is 19.9. The zero-order valence-electron chi connectivity index (χ0n) is 49.0. The van der Waals surface area contributed by atoms with Gasteiger partial charge in [0.1, 0.15) is 45.0 Å². The van der Waals surface area contributed by atoms with E-state index in [0.29, 0.717) is 0 Å². The van der Waals surface area contributed by atoms with E-state index in [-0.39, 0.29) is 43.0 Å². The molecule has 0 aliphatic rings. The molecule has 9 nitrogen and oxygen atoms in total. The van der Waals surface area contributed by atoms with Crippen molar-refractivity contribution >= 4 is 52.1 Å². The lowest BCUT2D eigenvalue weighted by Crippen LogP contribution is -3.61. The Morgan fingerprint density at radius 1 is 0.235 bits per heavy atom. The third-order valence-corrected chi connectivity index (χ3v) is 23.1. The smallest absolute Gasteiger partial charge is 0.357 e. The summed E-state index contributed by atoms with van der Waals surface area (Å²) in [5.74, 6) is -38.5. The Kier molecular flexibility index (Phi) is 25.0. The standard InChI is InChI=1S/C50H40IS2.3C6HF5O3S/c1-5-13-45(14-6-1)52(46-15-7-2-8-16-46)49-33-25-41(26-34-49)37-39-21-29-43(30-22-39)51-44-31-23-40(24-32-44)38-42-27-35-50(36-28-42)53(47-17-9-3-10-18-47)48-19-11-4-12-20-48;3*7-1-2(8)4(10)6(15(12,13)14)5(11)3(1)9/h1-36H,37-38H2;3*(H,12,13,14)/q+3;;;/p-3. The molecule has 0 aliphatic carbocycles. The Morgan fingerprint density at radius 2 is 0.398 bits per heavy atom. The number of rotatable bonds is 15. The van der Waals surface area contributed by atoms with Crippen LogP contribution in [0.1, 0.15) is 22.3 Å². The van der Waals surface area contributed by atoms with Gasteiger partial charge in [-0.2, -0.15) is 0 Å². The molecule has 0 saturated carbocycles. The van der Waals surface area contributed by atoms with Crippen molar-refractivity contribution in [3.63, 3.8) is 0 Å². The molecule has 98 heavy (non-hydrogen) atoms. The van der Waals surface area contributed by atoms with Gasteiger partial charge in [0.2, 0.25) is 17.5 Å². The van der Waals surface area contributed by atoms with Gasteiger partial charge in [0.25, 0.3) is 0 Å². The summed E-state index contributed by atoms with van der Waals surface area (Å²) in [6.45, 7) is 0. The van der Waals surface area contributed by atoms with Crippen molar-refractivity contribution in [3.8, 4) is 0 Å².